The van der Waals surface area contributed by atoms with E-state index in [1.165, 1.54) is 23.5 Å². The van der Waals surface area contributed by atoms with Crippen LogP contribution in [0.2, 0.25) is 0 Å². The summed E-state index contributed by atoms with van der Waals surface area (Å²) in [6.07, 6.45) is 1.15. The van der Waals surface area contributed by atoms with E-state index in [2.05, 4.69) is 18.7 Å². The van der Waals surface area contributed by atoms with Crippen LogP contribution in [-0.2, 0) is 9.84 Å². The number of para-hydroxylation sites is 1. The summed E-state index contributed by atoms with van der Waals surface area (Å²) in [6.45, 7) is 9.57. The number of ether oxygens (including phenoxy) is 1. The molecule has 0 radical (unpaired) electrons. The van der Waals surface area contributed by atoms with Gasteiger partial charge in [-0.2, -0.15) is 0 Å². The van der Waals surface area contributed by atoms with E-state index in [1.807, 2.05) is 25.1 Å². The maximum Gasteiger partial charge on any atom is 0.260 e. The zero-order valence-electron chi connectivity index (χ0n) is 19.3. The first-order chi connectivity index (χ1) is 15.3. The van der Waals surface area contributed by atoms with E-state index in [0.717, 1.165) is 29.6 Å². The molecule has 0 N–H and O–H groups in total. The van der Waals surface area contributed by atoms with Crippen LogP contribution in [0.25, 0.3) is 10.2 Å². The molecule has 0 bridgehead atoms. The molecule has 3 rings (SSSR count). The number of carbonyl (C=O) groups is 1. The van der Waals surface area contributed by atoms with Gasteiger partial charge in [-0.3, -0.25) is 9.69 Å². The van der Waals surface area contributed by atoms with Gasteiger partial charge in [0.25, 0.3) is 5.91 Å². The largest absolute Gasteiger partial charge is 0.492 e. The topological polar surface area (TPSA) is 79.8 Å². The highest BCUT2D eigenvalue weighted by Crippen LogP contribution is 2.34. The smallest absolute Gasteiger partial charge is 0.260 e. The Balaban J connectivity index is 0.00000385. The van der Waals surface area contributed by atoms with Crippen molar-refractivity contribution >= 4 is 54.8 Å². The highest BCUT2D eigenvalue weighted by molar-refractivity contribution is 7.90. The van der Waals surface area contributed by atoms with E-state index in [1.54, 1.807) is 17.0 Å². The molecule has 180 valence electrons. The standard InChI is InChI=1S/C23H29N3O4S2.ClH/c1-5-25(6-2)15-16-26(22(27)17-11-13-18(14-12-17)32(4,28)29)23-24-21-19(30-7-3)9-8-10-20(21)31-23;/h8-14H,5-7,15-16H2,1-4H3;1H. The normalized spacial score (nSPS) is 11.4. The number of hydrogen-bond acceptors (Lipinski definition) is 7. The summed E-state index contributed by atoms with van der Waals surface area (Å²) in [6, 6.07) is 11.8. The summed E-state index contributed by atoms with van der Waals surface area (Å²) in [5, 5.41) is 0.594. The molecule has 0 aliphatic carbocycles. The van der Waals surface area contributed by atoms with Crippen LogP contribution in [0.5, 0.6) is 5.75 Å². The van der Waals surface area contributed by atoms with E-state index < -0.39 is 9.84 Å². The number of rotatable bonds is 10. The predicted octanol–water partition coefficient (Wildman–Crippen LogP) is 4.51. The lowest BCUT2D eigenvalue weighted by Crippen LogP contribution is -2.38. The lowest BCUT2D eigenvalue weighted by atomic mass is 10.2. The molecule has 10 heteroatoms. The van der Waals surface area contributed by atoms with Crippen molar-refractivity contribution in [3.05, 3.63) is 48.0 Å². The number of thiazole rings is 1. The summed E-state index contributed by atoms with van der Waals surface area (Å²) < 4.78 is 30.2. The van der Waals surface area contributed by atoms with Crippen molar-refractivity contribution in [1.29, 1.82) is 0 Å². The molecular weight excluding hydrogens is 482 g/mol. The molecule has 0 aliphatic rings. The summed E-state index contributed by atoms with van der Waals surface area (Å²) in [5.41, 5.74) is 1.16. The molecule has 0 spiro atoms. The Morgan fingerprint density at radius 3 is 2.27 bits per heavy atom. The minimum atomic E-state index is -3.33. The Kier molecular flexibility index (Phi) is 9.66. The van der Waals surface area contributed by atoms with Gasteiger partial charge < -0.3 is 9.64 Å². The molecular formula is C23H30ClN3O4S2. The van der Waals surface area contributed by atoms with Crippen molar-refractivity contribution in [2.45, 2.75) is 25.7 Å². The van der Waals surface area contributed by atoms with Gasteiger partial charge in [0, 0.05) is 24.9 Å². The number of benzene rings is 2. The van der Waals surface area contributed by atoms with Crippen LogP contribution in [0.3, 0.4) is 0 Å². The minimum Gasteiger partial charge on any atom is -0.492 e. The van der Waals surface area contributed by atoms with Gasteiger partial charge in [0.15, 0.2) is 15.0 Å². The van der Waals surface area contributed by atoms with Crippen LogP contribution in [-0.4, -0.2) is 63.3 Å². The monoisotopic (exact) mass is 511 g/mol. The Morgan fingerprint density at radius 2 is 1.70 bits per heavy atom. The molecule has 7 nitrogen and oxygen atoms in total. The zero-order valence-corrected chi connectivity index (χ0v) is 21.7. The zero-order chi connectivity index (χ0) is 23.3. The van der Waals surface area contributed by atoms with Crippen molar-refractivity contribution in [2.24, 2.45) is 0 Å². The summed E-state index contributed by atoms with van der Waals surface area (Å²) in [5.74, 6) is 0.482. The van der Waals surface area contributed by atoms with Gasteiger partial charge in [-0.1, -0.05) is 31.3 Å². The van der Waals surface area contributed by atoms with Crippen molar-refractivity contribution in [3.8, 4) is 5.75 Å². The molecule has 1 aromatic heterocycles. The van der Waals surface area contributed by atoms with Crippen LogP contribution < -0.4 is 9.64 Å². The minimum absolute atomic E-state index is 0. The number of aromatic nitrogens is 1. The fourth-order valence-corrected chi connectivity index (χ4v) is 5.00. The Hall–Kier alpha value is -2.20. The van der Waals surface area contributed by atoms with Crippen LogP contribution in [0, 0.1) is 0 Å². The van der Waals surface area contributed by atoms with Crippen LogP contribution in [0.15, 0.2) is 47.4 Å². The van der Waals surface area contributed by atoms with E-state index in [-0.39, 0.29) is 23.2 Å². The number of likely N-dealkylation sites (N-methyl/N-ethyl adjacent to an activating group) is 1. The predicted molar refractivity (Wildman–Crippen MR) is 137 cm³/mol. The summed E-state index contributed by atoms with van der Waals surface area (Å²) in [4.78, 5) is 22.3. The van der Waals surface area contributed by atoms with Crippen LogP contribution >= 0.6 is 23.7 Å². The molecule has 2 aromatic carbocycles. The van der Waals surface area contributed by atoms with E-state index in [4.69, 9.17) is 9.72 Å². The molecule has 3 aromatic rings. The lowest BCUT2D eigenvalue weighted by Gasteiger charge is -2.24. The fourth-order valence-electron chi connectivity index (χ4n) is 3.36. The highest BCUT2D eigenvalue weighted by Gasteiger charge is 2.23. The van der Waals surface area contributed by atoms with Gasteiger partial charge in [-0.15, -0.1) is 12.4 Å². The third-order valence-electron chi connectivity index (χ3n) is 5.21. The molecule has 1 amide bonds. The van der Waals surface area contributed by atoms with Gasteiger partial charge in [0.1, 0.15) is 11.3 Å². The molecule has 1 heterocycles. The van der Waals surface area contributed by atoms with Gasteiger partial charge >= 0.3 is 0 Å². The number of sulfone groups is 1. The average Bonchev–Trinajstić information content (AvgIpc) is 3.21. The van der Waals surface area contributed by atoms with Gasteiger partial charge in [-0.05, 0) is 56.4 Å². The second-order valence-corrected chi connectivity index (χ2v) is 10.3. The maximum atomic E-state index is 13.5. The first-order valence-corrected chi connectivity index (χ1v) is 13.4. The number of nitrogens with zero attached hydrogens (tertiary/aromatic N) is 3. The SMILES string of the molecule is CCOc1cccc2sc(N(CCN(CC)CC)C(=O)c3ccc(S(C)(=O)=O)cc3)nc12.Cl. The molecule has 0 saturated carbocycles. The summed E-state index contributed by atoms with van der Waals surface area (Å²) in [7, 11) is -3.33. The van der Waals surface area contributed by atoms with Crippen LogP contribution in [0.4, 0.5) is 5.13 Å². The molecule has 0 atom stereocenters. The average molecular weight is 512 g/mol. The van der Waals surface area contributed by atoms with Crippen molar-refractivity contribution in [3.63, 3.8) is 0 Å². The Morgan fingerprint density at radius 1 is 1.03 bits per heavy atom. The van der Waals surface area contributed by atoms with Crippen molar-refractivity contribution in [1.82, 2.24) is 9.88 Å². The first kappa shape index (κ1) is 27.0. The maximum absolute atomic E-state index is 13.5. The lowest BCUT2D eigenvalue weighted by molar-refractivity contribution is 0.0983. The second-order valence-electron chi connectivity index (χ2n) is 7.31. The van der Waals surface area contributed by atoms with Gasteiger partial charge in [-0.25, -0.2) is 13.4 Å². The quantitative estimate of drug-likeness (QED) is 0.398. The number of hydrogen-bond donors (Lipinski definition) is 0. The number of fused-ring (bicyclic) bond motifs is 1. The number of carbonyl (C=O) groups excluding carboxylic acids is 1. The molecule has 0 aliphatic heterocycles. The molecule has 0 unspecified atom stereocenters. The van der Waals surface area contributed by atoms with Crippen LogP contribution in [0.1, 0.15) is 31.1 Å². The number of halogens is 1. The first-order valence-electron chi connectivity index (χ1n) is 10.6. The third-order valence-corrected chi connectivity index (χ3v) is 7.38. The highest BCUT2D eigenvalue weighted by atomic mass is 35.5. The van der Waals surface area contributed by atoms with E-state index in [9.17, 15) is 13.2 Å². The molecule has 33 heavy (non-hydrogen) atoms. The second kappa shape index (κ2) is 11.8. The Bertz CT molecular complexity index is 1180. The van der Waals surface area contributed by atoms with Crippen molar-refractivity contribution in [2.75, 3.05) is 43.9 Å². The summed E-state index contributed by atoms with van der Waals surface area (Å²) >= 11 is 1.44. The number of anilines is 1. The van der Waals surface area contributed by atoms with Gasteiger partial charge in [0.05, 0.1) is 16.2 Å². The third kappa shape index (κ3) is 6.44. The van der Waals surface area contributed by atoms with Gasteiger partial charge in [0.2, 0.25) is 0 Å². The molecule has 0 fully saturated rings. The fraction of sp³-hybridized carbons (Fsp3) is 0.391. The van der Waals surface area contributed by atoms with E-state index in [0.29, 0.717) is 36.1 Å². The number of amides is 1. The van der Waals surface area contributed by atoms with Crippen molar-refractivity contribution < 1.29 is 17.9 Å². The molecule has 0 saturated heterocycles. The Labute approximate surface area is 205 Å². The van der Waals surface area contributed by atoms with E-state index >= 15 is 0 Å².